The van der Waals surface area contributed by atoms with Gasteiger partial charge in [0.1, 0.15) is 5.60 Å². The summed E-state index contributed by atoms with van der Waals surface area (Å²) < 4.78 is 4.55. The molecule has 66 valence electrons. The Labute approximate surface area is 68.1 Å². The highest BCUT2D eigenvalue weighted by molar-refractivity contribution is 5.37. The second-order valence-corrected chi connectivity index (χ2v) is 3.64. The van der Waals surface area contributed by atoms with Gasteiger partial charge in [0.25, 0.3) is 6.47 Å². The van der Waals surface area contributed by atoms with Crippen LogP contribution in [0, 0.1) is 0 Å². The van der Waals surface area contributed by atoms with Crippen LogP contribution in [0.4, 0.5) is 0 Å². The highest BCUT2D eigenvalue weighted by Gasteiger charge is 2.10. The molecule has 0 radical (unpaired) electrons. The maximum Gasteiger partial charge on any atom is 0.293 e. The van der Waals surface area contributed by atoms with Crippen LogP contribution in [0.5, 0.6) is 0 Å². The predicted molar refractivity (Wildman–Crippen MR) is 44.4 cm³/mol. The zero-order valence-electron chi connectivity index (χ0n) is 7.68. The highest BCUT2D eigenvalue weighted by atomic mass is 16.5. The van der Waals surface area contributed by atoms with E-state index >= 15 is 0 Å². The quantitative estimate of drug-likeness (QED) is 0.457. The molecule has 1 fully saturated rings. The van der Waals surface area contributed by atoms with Crippen LogP contribution >= 0.6 is 0 Å². The van der Waals surface area contributed by atoms with E-state index in [2.05, 4.69) is 17.0 Å². The lowest BCUT2D eigenvalue weighted by molar-refractivity contribution is -0.138. The standard InChI is InChI=1S/C5H10O2.C3H7N/c1-5(2,3)7-4-6;1-3-2-4-3/h4H,1-3H3;3-4H,2H2,1H3/t;3-/m.1/s1. The molecule has 1 rings (SSSR count). The van der Waals surface area contributed by atoms with E-state index in [1.807, 2.05) is 20.8 Å². The molecule has 11 heavy (non-hydrogen) atoms. The Hall–Kier alpha value is -0.570. The third kappa shape index (κ3) is 12.6. The Bertz CT molecular complexity index is 114. The van der Waals surface area contributed by atoms with Crippen LogP contribution in [-0.2, 0) is 9.53 Å². The van der Waals surface area contributed by atoms with Crippen LogP contribution in [0.3, 0.4) is 0 Å². The molecule has 0 amide bonds. The van der Waals surface area contributed by atoms with Gasteiger partial charge in [-0.2, -0.15) is 0 Å². The summed E-state index contributed by atoms with van der Waals surface area (Å²) in [4.78, 5) is 9.60. The third-order valence-corrected chi connectivity index (χ3v) is 1.01. The van der Waals surface area contributed by atoms with E-state index in [1.54, 1.807) is 0 Å². The summed E-state index contributed by atoms with van der Waals surface area (Å²) in [6.07, 6.45) is 0. The lowest BCUT2D eigenvalue weighted by atomic mass is 10.2. The first-order valence-corrected chi connectivity index (χ1v) is 3.80. The maximum atomic E-state index is 9.60. The van der Waals surface area contributed by atoms with Crippen molar-refractivity contribution in [2.75, 3.05) is 6.54 Å². The second-order valence-electron chi connectivity index (χ2n) is 3.64. The first kappa shape index (κ1) is 10.4. The molecule has 0 aromatic heterocycles. The lowest BCUT2D eigenvalue weighted by Gasteiger charge is -2.14. The fraction of sp³-hybridized carbons (Fsp3) is 0.875. The Kier molecular flexibility index (Phi) is 4.11. The van der Waals surface area contributed by atoms with E-state index < -0.39 is 0 Å². The van der Waals surface area contributed by atoms with E-state index in [1.165, 1.54) is 6.54 Å². The summed E-state index contributed by atoms with van der Waals surface area (Å²) in [7, 11) is 0. The highest BCUT2D eigenvalue weighted by Crippen LogP contribution is 2.02. The number of carbonyl (C=O) groups is 1. The van der Waals surface area contributed by atoms with Crippen molar-refractivity contribution >= 4 is 6.47 Å². The minimum absolute atomic E-state index is 0.318. The molecule has 3 nitrogen and oxygen atoms in total. The first-order valence-electron chi connectivity index (χ1n) is 3.80. The van der Waals surface area contributed by atoms with Crippen LogP contribution in [-0.4, -0.2) is 24.7 Å². The molecule has 1 aliphatic rings. The van der Waals surface area contributed by atoms with Crippen molar-refractivity contribution in [3.63, 3.8) is 0 Å². The van der Waals surface area contributed by atoms with Gasteiger partial charge in [0, 0.05) is 12.6 Å². The van der Waals surface area contributed by atoms with E-state index in [9.17, 15) is 4.79 Å². The number of carbonyl (C=O) groups excluding carboxylic acids is 1. The van der Waals surface area contributed by atoms with Crippen molar-refractivity contribution in [3.05, 3.63) is 0 Å². The van der Waals surface area contributed by atoms with Crippen molar-refractivity contribution in [3.8, 4) is 0 Å². The van der Waals surface area contributed by atoms with E-state index in [0.29, 0.717) is 6.47 Å². The minimum atomic E-state index is -0.318. The number of rotatable bonds is 1. The van der Waals surface area contributed by atoms with Gasteiger partial charge in [-0.3, -0.25) is 4.79 Å². The van der Waals surface area contributed by atoms with Crippen LogP contribution in [0.2, 0.25) is 0 Å². The number of hydrogen-bond donors (Lipinski definition) is 1. The van der Waals surface area contributed by atoms with E-state index in [0.717, 1.165) is 6.04 Å². The van der Waals surface area contributed by atoms with E-state index in [-0.39, 0.29) is 5.60 Å². The number of hydrogen-bond acceptors (Lipinski definition) is 3. The average Bonchev–Trinajstić information content (AvgIpc) is 2.48. The molecule has 1 atom stereocenters. The fourth-order valence-electron chi connectivity index (χ4n) is 0.262. The Balaban J connectivity index is 0.000000207. The largest absolute Gasteiger partial charge is 0.462 e. The summed E-state index contributed by atoms with van der Waals surface area (Å²) in [5, 5.41) is 3.10. The molecule has 0 saturated carbocycles. The summed E-state index contributed by atoms with van der Waals surface area (Å²) in [6.45, 7) is 9.32. The van der Waals surface area contributed by atoms with Crippen molar-refractivity contribution < 1.29 is 9.53 Å². The minimum Gasteiger partial charge on any atom is -0.462 e. The first-order chi connectivity index (χ1) is 4.95. The monoisotopic (exact) mass is 159 g/mol. The molecule has 0 unspecified atom stereocenters. The molecule has 0 spiro atoms. The molecule has 1 saturated heterocycles. The molecule has 1 aliphatic heterocycles. The molecule has 0 aliphatic carbocycles. The molecule has 0 aromatic rings. The van der Waals surface area contributed by atoms with Gasteiger partial charge in [0.05, 0.1) is 0 Å². The summed E-state index contributed by atoms with van der Waals surface area (Å²) in [5.41, 5.74) is -0.318. The van der Waals surface area contributed by atoms with Gasteiger partial charge >= 0.3 is 0 Å². The van der Waals surface area contributed by atoms with Gasteiger partial charge in [-0.1, -0.05) is 0 Å². The summed E-state index contributed by atoms with van der Waals surface area (Å²) >= 11 is 0. The van der Waals surface area contributed by atoms with Gasteiger partial charge in [0.2, 0.25) is 0 Å². The summed E-state index contributed by atoms with van der Waals surface area (Å²) in [5.74, 6) is 0. The zero-order chi connectivity index (χ0) is 8.91. The van der Waals surface area contributed by atoms with Crippen LogP contribution in [0.15, 0.2) is 0 Å². The predicted octanol–water partition coefficient (Wildman–Crippen LogP) is 0.936. The van der Waals surface area contributed by atoms with E-state index in [4.69, 9.17) is 0 Å². The second kappa shape index (κ2) is 4.34. The normalized spacial score (nSPS) is 21.3. The third-order valence-electron chi connectivity index (χ3n) is 1.01. The topological polar surface area (TPSA) is 48.2 Å². The Morgan fingerprint density at radius 1 is 1.55 bits per heavy atom. The van der Waals surface area contributed by atoms with Gasteiger partial charge in [-0.25, -0.2) is 0 Å². The van der Waals surface area contributed by atoms with Crippen LogP contribution in [0.25, 0.3) is 0 Å². The Morgan fingerprint density at radius 2 is 1.91 bits per heavy atom. The average molecular weight is 159 g/mol. The zero-order valence-corrected chi connectivity index (χ0v) is 7.68. The van der Waals surface area contributed by atoms with Crippen LogP contribution in [0.1, 0.15) is 27.7 Å². The Morgan fingerprint density at radius 3 is 1.91 bits per heavy atom. The smallest absolute Gasteiger partial charge is 0.293 e. The van der Waals surface area contributed by atoms with Crippen molar-refractivity contribution in [1.29, 1.82) is 0 Å². The molecule has 3 heteroatoms. The fourth-order valence-corrected chi connectivity index (χ4v) is 0.262. The SMILES string of the molecule is CC(C)(C)OC=O.C[C@@H]1CN1. The lowest BCUT2D eigenvalue weighted by Crippen LogP contribution is -2.17. The van der Waals surface area contributed by atoms with Gasteiger partial charge in [-0.05, 0) is 27.7 Å². The van der Waals surface area contributed by atoms with Gasteiger partial charge < -0.3 is 10.1 Å². The molecule has 0 bridgehead atoms. The summed E-state index contributed by atoms with van der Waals surface area (Å²) in [6, 6.07) is 0.833. The van der Waals surface area contributed by atoms with Crippen molar-refractivity contribution in [2.45, 2.75) is 39.3 Å². The van der Waals surface area contributed by atoms with Gasteiger partial charge in [-0.15, -0.1) is 0 Å². The number of nitrogens with one attached hydrogen (secondary N) is 1. The number of ether oxygens (including phenoxy) is 1. The molecule has 1 N–H and O–H groups in total. The van der Waals surface area contributed by atoms with Gasteiger partial charge in [0.15, 0.2) is 0 Å². The molecular weight excluding hydrogens is 142 g/mol. The maximum absolute atomic E-state index is 9.60. The molecule has 1 heterocycles. The molecular formula is C8H17NO2. The van der Waals surface area contributed by atoms with Crippen molar-refractivity contribution in [1.82, 2.24) is 5.32 Å². The molecule has 0 aromatic carbocycles. The van der Waals surface area contributed by atoms with Crippen molar-refractivity contribution in [2.24, 2.45) is 0 Å². The van der Waals surface area contributed by atoms with Crippen LogP contribution < -0.4 is 5.32 Å².